The first-order valence-electron chi connectivity index (χ1n) is 14.6. The van der Waals surface area contributed by atoms with Gasteiger partial charge in [0.1, 0.15) is 0 Å². The van der Waals surface area contributed by atoms with Crippen molar-refractivity contribution in [1.82, 2.24) is 5.32 Å². The van der Waals surface area contributed by atoms with Gasteiger partial charge in [-0.2, -0.15) is 11.8 Å². The minimum atomic E-state index is 0. The van der Waals surface area contributed by atoms with E-state index in [1.807, 2.05) is 0 Å². The van der Waals surface area contributed by atoms with Crippen molar-refractivity contribution in [2.45, 2.75) is 135 Å². The van der Waals surface area contributed by atoms with Gasteiger partial charge in [0.2, 0.25) is 5.91 Å². The van der Waals surface area contributed by atoms with Crippen LogP contribution in [0.5, 0.6) is 0 Å². The molecule has 0 aromatic carbocycles. The van der Waals surface area contributed by atoms with Gasteiger partial charge < -0.3 is 33.8 Å². The molecule has 1 amide bonds. The molecule has 0 bridgehead atoms. The van der Waals surface area contributed by atoms with Crippen molar-refractivity contribution in [3.63, 3.8) is 0 Å². The van der Waals surface area contributed by atoms with E-state index in [1.54, 1.807) is 0 Å². The molecule has 0 rings (SSSR count). The maximum atomic E-state index is 11.9. The van der Waals surface area contributed by atoms with Crippen LogP contribution in [-0.2, 0) is 4.79 Å². The van der Waals surface area contributed by atoms with Crippen LogP contribution in [0.25, 0.3) is 0 Å². The summed E-state index contributed by atoms with van der Waals surface area (Å²) >= 11 is 2.18. The summed E-state index contributed by atoms with van der Waals surface area (Å²) in [5, 5.41) is 3.07. The van der Waals surface area contributed by atoms with Crippen molar-refractivity contribution in [2.24, 2.45) is 0 Å². The molecule has 0 aromatic rings. The van der Waals surface area contributed by atoms with Crippen molar-refractivity contribution in [2.75, 3.05) is 45.7 Å². The van der Waals surface area contributed by atoms with E-state index in [0.29, 0.717) is 6.42 Å². The molecule has 0 radical (unpaired) electrons. The minimum absolute atomic E-state index is 0. The predicted molar refractivity (Wildman–Crippen MR) is 151 cm³/mol. The first-order valence-corrected chi connectivity index (χ1v) is 15.8. The number of quaternary nitrogens is 1. The van der Waals surface area contributed by atoms with Crippen molar-refractivity contribution < 1.29 is 33.3 Å². The van der Waals surface area contributed by atoms with Crippen LogP contribution in [-0.4, -0.2) is 56.1 Å². The lowest BCUT2D eigenvalue weighted by molar-refractivity contribution is -0.870. The molecular weight excluding hydrogens is 551 g/mol. The third-order valence-electron chi connectivity index (χ3n) is 6.41. The van der Waals surface area contributed by atoms with E-state index in [1.165, 1.54) is 121 Å². The van der Waals surface area contributed by atoms with E-state index in [9.17, 15) is 4.79 Å². The predicted octanol–water partition coefficient (Wildman–Crippen LogP) is 5.37. The number of carbonyl (C=O) groups excluding carboxylic acids is 1. The summed E-state index contributed by atoms with van der Waals surface area (Å²) in [5.41, 5.74) is 0. The normalized spacial score (nSPS) is 11.4. The lowest BCUT2D eigenvalue weighted by Crippen LogP contribution is -3.00. The Bertz CT molecular complexity index is 415. The molecule has 5 heteroatoms. The highest BCUT2D eigenvalue weighted by Gasteiger charge is 2.06. The molecule has 1 N–H and O–H groups in total. The number of unbranched alkanes of at least 4 members (excludes halogenated alkanes) is 16. The Morgan fingerprint density at radius 1 is 0.618 bits per heavy atom. The molecule has 0 saturated carbocycles. The highest BCUT2D eigenvalue weighted by Crippen LogP contribution is 2.15. The summed E-state index contributed by atoms with van der Waals surface area (Å²) < 4.78 is 0.966. The second-order valence-corrected chi connectivity index (χ2v) is 12.3. The molecule has 0 fully saturated rings. The van der Waals surface area contributed by atoms with E-state index in [2.05, 4.69) is 45.1 Å². The second kappa shape index (κ2) is 28.1. The van der Waals surface area contributed by atoms with Crippen LogP contribution in [0.3, 0.4) is 0 Å². The van der Waals surface area contributed by atoms with Crippen molar-refractivity contribution in [3.05, 3.63) is 0 Å². The van der Waals surface area contributed by atoms with E-state index in [0.717, 1.165) is 30.4 Å². The van der Waals surface area contributed by atoms with Gasteiger partial charge in [-0.25, -0.2) is 0 Å². The van der Waals surface area contributed by atoms with Gasteiger partial charge in [-0.1, -0.05) is 103 Å². The maximum Gasteiger partial charge on any atom is 0.219 e. The first-order chi connectivity index (χ1) is 16.0. The summed E-state index contributed by atoms with van der Waals surface area (Å²) in [5.74, 6) is 2.98. The number of nitrogens with zero attached hydrogens (tertiary/aromatic N) is 1. The quantitative estimate of drug-likeness (QED) is 0.0809. The fourth-order valence-corrected chi connectivity index (χ4v) is 5.23. The SMILES string of the molecule is CCCCCCCCCCCCSCCCCCCCCCCC(=O)NCCC[N+](C)(C)C.[I-]. The summed E-state index contributed by atoms with van der Waals surface area (Å²) in [6, 6.07) is 0. The minimum Gasteiger partial charge on any atom is -1.00 e. The average molecular weight is 613 g/mol. The molecule has 0 atom stereocenters. The molecular formula is C29H61IN2OS. The number of halogens is 1. The van der Waals surface area contributed by atoms with Crippen LogP contribution in [0.2, 0.25) is 0 Å². The van der Waals surface area contributed by atoms with Gasteiger partial charge in [0.15, 0.2) is 0 Å². The Morgan fingerprint density at radius 2 is 1.03 bits per heavy atom. The van der Waals surface area contributed by atoms with Gasteiger partial charge in [0.05, 0.1) is 27.7 Å². The number of hydrogen-bond acceptors (Lipinski definition) is 2. The van der Waals surface area contributed by atoms with Gasteiger partial charge in [0, 0.05) is 19.4 Å². The highest BCUT2D eigenvalue weighted by molar-refractivity contribution is 7.99. The van der Waals surface area contributed by atoms with E-state index >= 15 is 0 Å². The monoisotopic (exact) mass is 612 g/mol. The van der Waals surface area contributed by atoms with Crippen molar-refractivity contribution in [3.8, 4) is 0 Å². The van der Waals surface area contributed by atoms with Crippen LogP contribution in [0.15, 0.2) is 0 Å². The molecule has 34 heavy (non-hydrogen) atoms. The molecule has 0 aliphatic carbocycles. The van der Waals surface area contributed by atoms with Crippen LogP contribution < -0.4 is 29.3 Å². The third-order valence-corrected chi connectivity index (χ3v) is 7.57. The largest absolute Gasteiger partial charge is 1.00 e. The van der Waals surface area contributed by atoms with Gasteiger partial charge in [-0.05, 0) is 30.8 Å². The van der Waals surface area contributed by atoms with Crippen LogP contribution in [0.4, 0.5) is 0 Å². The molecule has 206 valence electrons. The molecule has 0 heterocycles. The third kappa shape index (κ3) is 32.5. The van der Waals surface area contributed by atoms with Crippen molar-refractivity contribution in [1.29, 1.82) is 0 Å². The van der Waals surface area contributed by atoms with Gasteiger partial charge in [-0.3, -0.25) is 4.79 Å². The number of carbonyl (C=O) groups is 1. The van der Waals surface area contributed by atoms with Crippen LogP contribution in [0, 0.1) is 0 Å². The lowest BCUT2D eigenvalue weighted by atomic mass is 10.1. The zero-order chi connectivity index (χ0) is 24.5. The van der Waals surface area contributed by atoms with Gasteiger partial charge in [-0.15, -0.1) is 0 Å². The fraction of sp³-hybridized carbons (Fsp3) is 0.966. The second-order valence-electron chi connectivity index (χ2n) is 11.1. The van der Waals surface area contributed by atoms with Gasteiger partial charge in [0.25, 0.3) is 0 Å². The number of amides is 1. The summed E-state index contributed by atoms with van der Waals surface area (Å²) in [6.07, 6.45) is 26.6. The smallest absolute Gasteiger partial charge is 0.219 e. The summed E-state index contributed by atoms with van der Waals surface area (Å²) in [7, 11) is 6.59. The maximum absolute atomic E-state index is 11.9. The number of hydrogen-bond donors (Lipinski definition) is 1. The first kappa shape index (κ1) is 36.7. The summed E-state index contributed by atoms with van der Waals surface area (Å²) in [4.78, 5) is 11.9. The number of nitrogens with one attached hydrogen (secondary N) is 1. The van der Waals surface area contributed by atoms with E-state index in [4.69, 9.17) is 0 Å². The molecule has 0 aliphatic heterocycles. The molecule has 3 nitrogen and oxygen atoms in total. The molecule has 0 aliphatic rings. The highest BCUT2D eigenvalue weighted by atomic mass is 127. The fourth-order valence-electron chi connectivity index (χ4n) is 4.21. The lowest BCUT2D eigenvalue weighted by Gasteiger charge is -2.23. The Labute approximate surface area is 236 Å². The van der Waals surface area contributed by atoms with Crippen LogP contribution in [0.1, 0.15) is 135 Å². The Balaban J connectivity index is 0. The standard InChI is InChI=1S/C29H60N2OS.HI/c1-5-6-7-8-9-10-12-15-18-21-27-33-28-22-19-16-13-11-14-17-20-24-29(32)30-25-23-26-31(2,3)4;/h5-28H2,1-4H3;1H. The molecule has 0 unspecified atom stereocenters. The Hall–Kier alpha value is 0.510. The van der Waals surface area contributed by atoms with Gasteiger partial charge >= 0.3 is 0 Å². The van der Waals surface area contributed by atoms with Crippen molar-refractivity contribution >= 4 is 17.7 Å². The summed E-state index contributed by atoms with van der Waals surface area (Å²) in [6.45, 7) is 4.23. The molecule has 0 saturated heterocycles. The topological polar surface area (TPSA) is 29.1 Å². The average Bonchev–Trinajstić information content (AvgIpc) is 2.77. The van der Waals surface area contributed by atoms with Crippen LogP contribution >= 0.6 is 11.8 Å². The van der Waals surface area contributed by atoms with E-state index in [-0.39, 0.29) is 29.9 Å². The zero-order valence-corrected chi connectivity index (χ0v) is 26.6. The number of rotatable bonds is 26. The zero-order valence-electron chi connectivity index (χ0n) is 23.6. The Morgan fingerprint density at radius 3 is 1.47 bits per heavy atom. The van der Waals surface area contributed by atoms with E-state index < -0.39 is 0 Å². The molecule has 0 spiro atoms. The number of thioether (sulfide) groups is 1. The molecule has 0 aromatic heterocycles. The Kier molecular flexibility index (Phi) is 30.3.